The zero-order valence-electron chi connectivity index (χ0n) is 17.0. The van der Waals surface area contributed by atoms with Gasteiger partial charge in [0.25, 0.3) is 5.56 Å². The average Bonchev–Trinajstić information content (AvgIpc) is 2.64. The van der Waals surface area contributed by atoms with E-state index in [0.717, 1.165) is 16.7 Å². The third-order valence-electron chi connectivity index (χ3n) is 4.40. The fourth-order valence-electron chi connectivity index (χ4n) is 2.87. The van der Waals surface area contributed by atoms with Crippen molar-refractivity contribution in [2.24, 2.45) is 11.4 Å². The number of hydrogen-bond acceptors (Lipinski definition) is 5. The molecule has 2 aromatic heterocycles. The summed E-state index contributed by atoms with van der Waals surface area (Å²) in [4.78, 5) is 21.9. The van der Waals surface area contributed by atoms with Gasteiger partial charge in [-0.25, -0.2) is 4.98 Å². The van der Waals surface area contributed by atoms with Gasteiger partial charge in [0.05, 0.1) is 16.6 Å². The summed E-state index contributed by atoms with van der Waals surface area (Å²) in [5, 5.41) is 0.520. The van der Waals surface area contributed by atoms with Gasteiger partial charge in [0.2, 0.25) is 0 Å². The van der Waals surface area contributed by atoms with Gasteiger partial charge in [-0.1, -0.05) is 4.40 Å². The first-order valence-corrected chi connectivity index (χ1v) is 10.1. The van der Waals surface area contributed by atoms with Crippen LogP contribution in [-0.2, 0) is 18.4 Å². The van der Waals surface area contributed by atoms with Crippen LogP contribution in [0.25, 0.3) is 22.3 Å². The zero-order chi connectivity index (χ0) is 20.6. The molecule has 0 aliphatic heterocycles. The Morgan fingerprint density at radius 1 is 1.21 bits per heavy atom. The fraction of sp³-hybridized carbons (Fsp3) is 0.333. The van der Waals surface area contributed by atoms with Gasteiger partial charge < -0.3 is 4.55 Å². The van der Waals surface area contributed by atoms with Crippen LogP contribution in [0.4, 0.5) is 0 Å². The van der Waals surface area contributed by atoms with E-state index in [4.69, 9.17) is 4.98 Å². The third kappa shape index (κ3) is 3.86. The Balaban J connectivity index is 2.31. The van der Waals surface area contributed by atoms with E-state index < -0.39 is 16.1 Å². The van der Waals surface area contributed by atoms with E-state index in [1.165, 1.54) is 0 Å². The van der Waals surface area contributed by atoms with E-state index >= 15 is 0 Å². The van der Waals surface area contributed by atoms with Gasteiger partial charge in [0.15, 0.2) is 0 Å². The monoisotopic (exact) mass is 396 g/mol. The molecule has 3 aromatic rings. The molecule has 1 aromatic carbocycles. The summed E-state index contributed by atoms with van der Waals surface area (Å²) < 4.78 is 18.0. The summed E-state index contributed by atoms with van der Waals surface area (Å²) in [5.41, 5.74) is 3.48. The van der Waals surface area contributed by atoms with Crippen molar-refractivity contribution in [1.82, 2.24) is 14.5 Å². The van der Waals surface area contributed by atoms with Gasteiger partial charge in [0, 0.05) is 30.6 Å². The smallest absolute Gasteiger partial charge is 0.261 e. The Hall–Kier alpha value is -2.51. The lowest BCUT2D eigenvalue weighted by molar-refractivity contribution is 0.561. The van der Waals surface area contributed by atoms with Crippen LogP contribution in [0, 0.1) is 6.92 Å². The van der Waals surface area contributed by atoms with Crippen LogP contribution in [0.1, 0.15) is 38.8 Å². The summed E-state index contributed by atoms with van der Waals surface area (Å²) in [6.07, 6.45) is 3.34. The number of fused-ring (bicyclic) bond motifs is 1. The molecule has 3 rings (SSSR count). The van der Waals surface area contributed by atoms with Gasteiger partial charge in [-0.3, -0.25) is 14.3 Å². The van der Waals surface area contributed by atoms with Crippen molar-refractivity contribution in [3.05, 3.63) is 58.1 Å². The number of hydrogen-bond donors (Lipinski definition) is 0. The molecule has 7 heteroatoms. The summed E-state index contributed by atoms with van der Waals surface area (Å²) in [5.74, 6) is 0.551. The molecule has 6 nitrogen and oxygen atoms in total. The van der Waals surface area contributed by atoms with Crippen molar-refractivity contribution in [1.29, 1.82) is 0 Å². The second kappa shape index (κ2) is 7.48. The summed E-state index contributed by atoms with van der Waals surface area (Å²) in [6.45, 7) is 9.37. The lowest BCUT2D eigenvalue weighted by Gasteiger charge is -2.19. The quantitative estimate of drug-likeness (QED) is 0.500. The lowest BCUT2D eigenvalue weighted by Crippen LogP contribution is -2.27. The Morgan fingerprint density at radius 3 is 2.46 bits per heavy atom. The highest BCUT2D eigenvalue weighted by molar-refractivity contribution is 7.91. The molecule has 0 radical (unpaired) electrons. The van der Waals surface area contributed by atoms with Gasteiger partial charge in [-0.2, -0.15) is 0 Å². The summed E-state index contributed by atoms with van der Waals surface area (Å²) >= 11 is -1.40. The summed E-state index contributed by atoms with van der Waals surface area (Å²) in [6, 6.07) is 7.40. The highest BCUT2D eigenvalue weighted by Gasteiger charge is 2.27. The molecule has 0 aliphatic rings. The maximum Gasteiger partial charge on any atom is 0.261 e. The predicted octanol–water partition coefficient (Wildman–Crippen LogP) is 3.58. The number of pyridine rings is 1. The van der Waals surface area contributed by atoms with E-state index in [9.17, 15) is 9.35 Å². The Morgan fingerprint density at radius 2 is 1.86 bits per heavy atom. The van der Waals surface area contributed by atoms with Crippen molar-refractivity contribution in [3.63, 3.8) is 0 Å². The zero-order valence-corrected chi connectivity index (χ0v) is 17.8. The van der Waals surface area contributed by atoms with Crippen LogP contribution < -0.4 is 5.56 Å². The second-order valence-corrected chi connectivity index (χ2v) is 9.69. The van der Waals surface area contributed by atoms with Crippen LogP contribution in [-0.4, -0.2) is 29.5 Å². The molecule has 146 valence electrons. The SMILES string of the molecule is CC(=N[S+]([O-])C(C)(C)C)c1cc(C)cc2c(=O)n(C)c(-c3ccncc3)nc12. The molecular formula is C21H24N4O2S. The minimum Gasteiger partial charge on any atom is -0.591 e. The van der Waals surface area contributed by atoms with Crippen LogP contribution in [0.5, 0.6) is 0 Å². The first kappa shape index (κ1) is 20.2. The molecule has 28 heavy (non-hydrogen) atoms. The van der Waals surface area contributed by atoms with Crippen LogP contribution in [0.15, 0.2) is 45.9 Å². The van der Waals surface area contributed by atoms with E-state index in [1.54, 1.807) is 24.0 Å². The molecule has 0 spiro atoms. The lowest BCUT2D eigenvalue weighted by atomic mass is 10.0. The number of aromatic nitrogens is 3. The van der Waals surface area contributed by atoms with Crippen molar-refractivity contribution in [2.45, 2.75) is 39.4 Å². The van der Waals surface area contributed by atoms with E-state index in [-0.39, 0.29) is 5.56 Å². The second-order valence-electron chi connectivity index (χ2n) is 7.78. The molecule has 0 saturated heterocycles. The molecule has 2 heterocycles. The highest BCUT2D eigenvalue weighted by atomic mass is 32.2. The average molecular weight is 397 g/mol. The molecule has 0 amide bonds. The molecule has 1 unspecified atom stereocenters. The number of benzene rings is 1. The van der Waals surface area contributed by atoms with E-state index in [1.807, 2.05) is 58.9 Å². The fourth-order valence-corrected chi connectivity index (χ4v) is 3.49. The van der Waals surface area contributed by atoms with Crippen molar-refractivity contribution in [2.75, 3.05) is 0 Å². The van der Waals surface area contributed by atoms with Crippen LogP contribution >= 0.6 is 0 Å². The molecular weight excluding hydrogens is 372 g/mol. The van der Waals surface area contributed by atoms with Gasteiger partial charge >= 0.3 is 0 Å². The molecule has 0 N–H and O–H groups in total. The van der Waals surface area contributed by atoms with E-state index in [0.29, 0.717) is 22.4 Å². The van der Waals surface area contributed by atoms with Gasteiger partial charge in [-0.05, 0) is 64.4 Å². The Bertz CT molecular complexity index is 1120. The van der Waals surface area contributed by atoms with Crippen LogP contribution in [0.3, 0.4) is 0 Å². The third-order valence-corrected chi connectivity index (χ3v) is 5.88. The maximum atomic E-state index is 13.0. The molecule has 1 atom stereocenters. The van der Waals surface area contributed by atoms with Crippen molar-refractivity contribution in [3.8, 4) is 11.4 Å². The minimum atomic E-state index is -1.40. The minimum absolute atomic E-state index is 0.133. The first-order chi connectivity index (χ1) is 13.1. The standard InChI is InChI=1S/C21H24N4O2S/c1-13-11-16(14(2)24-28(27)21(3,4)5)18-17(12-13)20(26)25(6)19(23-18)15-7-9-22-10-8-15/h7-12H,1-6H3. The molecule has 0 saturated carbocycles. The van der Waals surface area contributed by atoms with Crippen molar-refractivity contribution < 1.29 is 4.55 Å². The Kier molecular flexibility index (Phi) is 5.41. The van der Waals surface area contributed by atoms with Gasteiger partial charge in [0.1, 0.15) is 21.9 Å². The van der Waals surface area contributed by atoms with Crippen LogP contribution in [0.2, 0.25) is 0 Å². The molecule has 0 fully saturated rings. The maximum absolute atomic E-state index is 13.0. The normalized spacial score (nSPS) is 13.8. The van der Waals surface area contributed by atoms with Gasteiger partial charge in [-0.15, -0.1) is 0 Å². The Labute approximate surface area is 167 Å². The van der Waals surface area contributed by atoms with E-state index in [2.05, 4.69) is 9.38 Å². The molecule has 0 bridgehead atoms. The molecule has 0 aliphatic carbocycles. The highest BCUT2D eigenvalue weighted by Crippen LogP contribution is 2.24. The predicted molar refractivity (Wildman–Crippen MR) is 115 cm³/mol. The number of nitrogens with zero attached hydrogens (tertiary/aromatic N) is 4. The van der Waals surface area contributed by atoms with Crippen molar-refractivity contribution >= 4 is 28.0 Å². The first-order valence-electron chi connectivity index (χ1n) is 8.99. The largest absolute Gasteiger partial charge is 0.591 e. The topological polar surface area (TPSA) is 83.2 Å². The number of rotatable bonds is 3. The summed E-state index contributed by atoms with van der Waals surface area (Å²) in [7, 11) is 1.71. The number of aryl methyl sites for hydroxylation is 1.